The van der Waals surface area contributed by atoms with E-state index in [4.69, 9.17) is 0 Å². The molecule has 1 unspecified atom stereocenters. The molecule has 0 aromatic rings. The fourth-order valence-electron chi connectivity index (χ4n) is 2.74. The molecule has 0 bridgehead atoms. The Morgan fingerprint density at radius 1 is 1.00 bits per heavy atom. The zero-order valence-corrected chi connectivity index (χ0v) is 12.4. The van der Waals surface area contributed by atoms with Crippen molar-refractivity contribution >= 4 is 24.2 Å². The molecule has 2 amide bonds. The summed E-state index contributed by atoms with van der Waals surface area (Å²) in [7, 11) is 0. The molecule has 0 aromatic carbocycles. The van der Waals surface area contributed by atoms with Crippen LogP contribution in [0.2, 0.25) is 0 Å². The Kier molecular flexibility index (Phi) is 6.58. The lowest BCUT2D eigenvalue weighted by atomic mass is 10.0. The molecule has 2 fully saturated rings. The molecule has 110 valence electrons. The quantitative estimate of drug-likeness (QED) is 0.770. The van der Waals surface area contributed by atoms with Crippen molar-refractivity contribution < 1.29 is 9.59 Å². The van der Waals surface area contributed by atoms with Gasteiger partial charge in [-0.05, 0) is 25.8 Å². The molecule has 2 heterocycles. The topological polar surface area (TPSA) is 52.7 Å². The molecular formula is C13H24ClN3O2. The zero-order chi connectivity index (χ0) is 13.0. The van der Waals surface area contributed by atoms with Crippen molar-refractivity contribution in [3.05, 3.63) is 0 Å². The molecule has 19 heavy (non-hydrogen) atoms. The number of halogens is 1. The van der Waals surface area contributed by atoms with Crippen LogP contribution in [0.3, 0.4) is 0 Å². The number of hydrogen-bond acceptors (Lipinski definition) is 3. The Morgan fingerprint density at radius 3 is 2.32 bits per heavy atom. The van der Waals surface area contributed by atoms with E-state index in [2.05, 4.69) is 5.32 Å². The van der Waals surface area contributed by atoms with Gasteiger partial charge in [0, 0.05) is 33.1 Å². The first-order chi connectivity index (χ1) is 8.68. The molecule has 0 aliphatic carbocycles. The summed E-state index contributed by atoms with van der Waals surface area (Å²) in [5, 5.41) is 3.30. The van der Waals surface area contributed by atoms with Crippen molar-refractivity contribution in [2.45, 2.75) is 38.6 Å². The lowest BCUT2D eigenvalue weighted by Gasteiger charge is -2.29. The van der Waals surface area contributed by atoms with E-state index >= 15 is 0 Å². The smallest absolute Gasteiger partial charge is 0.239 e. The fraction of sp³-hybridized carbons (Fsp3) is 0.846. The third-order valence-electron chi connectivity index (χ3n) is 3.86. The summed E-state index contributed by atoms with van der Waals surface area (Å²) in [5.41, 5.74) is 0. The van der Waals surface area contributed by atoms with E-state index in [0.29, 0.717) is 13.1 Å². The van der Waals surface area contributed by atoms with Crippen molar-refractivity contribution in [3.63, 3.8) is 0 Å². The molecule has 0 aromatic heterocycles. The van der Waals surface area contributed by atoms with Gasteiger partial charge in [-0.25, -0.2) is 0 Å². The minimum Gasteiger partial charge on any atom is -0.341 e. The lowest BCUT2D eigenvalue weighted by molar-refractivity contribution is -0.134. The largest absolute Gasteiger partial charge is 0.341 e. The number of nitrogens with one attached hydrogen (secondary N) is 1. The number of hydrogen-bond donors (Lipinski definition) is 1. The second kappa shape index (κ2) is 7.70. The van der Waals surface area contributed by atoms with Gasteiger partial charge in [0.15, 0.2) is 0 Å². The molecule has 1 atom stereocenters. The van der Waals surface area contributed by atoms with E-state index in [1.165, 1.54) is 6.42 Å². The first-order valence-corrected chi connectivity index (χ1v) is 6.96. The van der Waals surface area contributed by atoms with Crippen LogP contribution in [-0.2, 0) is 9.59 Å². The second-order valence-corrected chi connectivity index (χ2v) is 5.19. The zero-order valence-electron chi connectivity index (χ0n) is 11.6. The first kappa shape index (κ1) is 16.2. The van der Waals surface area contributed by atoms with E-state index in [0.717, 1.165) is 38.9 Å². The molecule has 0 spiro atoms. The Balaban J connectivity index is 0.00000180. The summed E-state index contributed by atoms with van der Waals surface area (Å²) in [5.74, 6) is 0.334. The lowest BCUT2D eigenvalue weighted by Crippen LogP contribution is -2.49. The van der Waals surface area contributed by atoms with E-state index in [9.17, 15) is 9.59 Å². The van der Waals surface area contributed by atoms with Crippen LogP contribution in [0.5, 0.6) is 0 Å². The van der Waals surface area contributed by atoms with Crippen LogP contribution in [0, 0.1) is 0 Å². The summed E-state index contributed by atoms with van der Waals surface area (Å²) in [4.78, 5) is 27.4. The summed E-state index contributed by atoms with van der Waals surface area (Å²) in [6.07, 6.45) is 4.14. The highest BCUT2D eigenvalue weighted by molar-refractivity contribution is 5.85. The van der Waals surface area contributed by atoms with Crippen molar-refractivity contribution in [1.29, 1.82) is 0 Å². The molecule has 1 N–H and O–H groups in total. The maximum atomic E-state index is 12.3. The van der Waals surface area contributed by atoms with Gasteiger partial charge in [0.2, 0.25) is 11.8 Å². The van der Waals surface area contributed by atoms with Crippen molar-refractivity contribution in [3.8, 4) is 0 Å². The van der Waals surface area contributed by atoms with Gasteiger partial charge in [-0.2, -0.15) is 0 Å². The van der Waals surface area contributed by atoms with Crippen molar-refractivity contribution in [1.82, 2.24) is 15.1 Å². The normalized spacial score (nSPS) is 24.4. The first-order valence-electron chi connectivity index (χ1n) is 6.96. The van der Waals surface area contributed by atoms with Gasteiger partial charge in [-0.15, -0.1) is 12.4 Å². The Hall–Kier alpha value is -0.810. The van der Waals surface area contributed by atoms with Crippen LogP contribution in [-0.4, -0.2) is 60.4 Å². The predicted molar refractivity (Wildman–Crippen MR) is 76.3 cm³/mol. The van der Waals surface area contributed by atoms with Crippen molar-refractivity contribution in [2.24, 2.45) is 0 Å². The van der Waals surface area contributed by atoms with E-state index in [-0.39, 0.29) is 30.3 Å². The second-order valence-electron chi connectivity index (χ2n) is 5.19. The Labute approximate surface area is 121 Å². The number of piperidine rings is 1. The maximum absolute atomic E-state index is 12.3. The third-order valence-corrected chi connectivity index (χ3v) is 3.86. The third kappa shape index (κ3) is 4.35. The highest BCUT2D eigenvalue weighted by Crippen LogP contribution is 2.12. The molecule has 6 heteroatoms. The highest BCUT2D eigenvalue weighted by atomic mass is 35.5. The van der Waals surface area contributed by atoms with Crippen LogP contribution in [0.25, 0.3) is 0 Å². The molecule has 0 saturated carbocycles. The van der Waals surface area contributed by atoms with Gasteiger partial charge in [0.1, 0.15) is 0 Å². The monoisotopic (exact) mass is 289 g/mol. The van der Waals surface area contributed by atoms with Gasteiger partial charge in [0.25, 0.3) is 0 Å². The average molecular weight is 290 g/mol. The van der Waals surface area contributed by atoms with E-state index < -0.39 is 0 Å². The highest BCUT2D eigenvalue weighted by Gasteiger charge is 2.27. The minimum absolute atomic E-state index is 0. The fourth-order valence-corrected chi connectivity index (χ4v) is 2.74. The van der Waals surface area contributed by atoms with Gasteiger partial charge in [-0.1, -0.05) is 6.42 Å². The van der Waals surface area contributed by atoms with Crippen LogP contribution in [0.15, 0.2) is 0 Å². The summed E-state index contributed by atoms with van der Waals surface area (Å²) >= 11 is 0. The summed E-state index contributed by atoms with van der Waals surface area (Å²) < 4.78 is 0. The summed E-state index contributed by atoms with van der Waals surface area (Å²) in [6, 6.07) is 0.00243. The Morgan fingerprint density at radius 2 is 1.68 bits per heavy atom. The van der Waals surface area contributed by atoms with Gasteiger partial charge in [-0.3, -0.25) is 9.59 Å². The van der Waals surface area contributed by atoms with E-state index in [1.54, 1.807) is 6.92 Å². The maximum Gasteiger partial charge on any atom is 0.239 e. The predicted octanol–water partition coefficient (Wildman–Crippen LogP) is 0.631. The SMILES string of the molecule is CC(=O)N1CCCN(C(=O)C2CCCCN2)CC1.Cl. The van der Waals surface area contributed by atoms with Gasteiger partial charge < -0.3 is 15.1 Å². The van der Waals surface area contributed by atoms with Crippen molar-refractivity contribution in [2.75, 3.05) is 32.7 Å². The number of carbonyl (C=O) groups is 2. The summed E-state index contributed by atoms with van der Waals surface area (Å²) in [6.45, 7) is 5.45. The van der Waals surface area contributed by atoms with Crippen LogP contribution < -0.4 is 5.32 Å². The standard InChI is InChI=1S/C13H23N3O2.ClH/c1-11(17)15-7-4-8-16(10-9-15)13(18)12-5-2-3-6-14-12;/h12,14H,2-10H2,1H3;1H. The number of nitrogens with zero attached hydrogens (tertiary/aromatic N) is 2. The average Bonchev–Trinajstić information content (AvgIpc) is 2.64. The molecule has 2 aliphatic heterocycles. The number of rotatable bonds is 1. The molecular weight excluding hydrogens is 266 g/mol. The molecule has 0 radical (unpaired) electrons. The van der Waals surface area contributed by atoms with Crippen LogP contribution in [0.1, 0.15) is 32.6 Å². The van der Waals surface area contributed by atoms with Gasteiger partial charge in [0.05, 0.1) is 6.04 Å². The van der Waals surface area contributed by atoms with E-state index in [1.807, 2.05) is 9.80 Å². The molecule has 2 saturated heterocycles. The Bertz CT molecular complexity index is 319. The van der Waals surface area contributed by atoms with Crippen LogP contribution in [0.4, 0.5) is 0 Å². The molecule has 2 aliphatic rings. The molecule has 5 nitrogen and oxygen atoms in total. The minimum atomic E-state index is 0. The molecule has 2 rings (SSSR count). The number of amides is 2. The number of carbonyl (C=O) groups excluding carboxylic acids is 2. The van der Waals surface area contributed by atoms with Gasteiger partial charge >= 0.3 is 0 Å². The van der Waals surface area contributed by atoms with Crippen LogP contribution >= 0.6 is 12.4 Å².